The van der Waals surface area contributed by atoms with Gasteiger partial charge in [0.2, 0.25) is 0 Å². The Morgan fingerprint density at radius 1 is 1.26 bits per heavy atom. The molecule has 19 heavy (non-hydrogen) atoms. The molecule has 0 saturated carbocycles. The van der Waals surface area contributed by atoms with Crippen LogP contribution >= 0.6 is 0 Å². The second-order valence-electron chi connectivity index (χ2n) is 5.56. The third-order valence-electron chi connectivity index (χ3n) is 2.54. The zero-order valence-electron chi connectivity index (χ0n) is 12.1. The fraction of sp³-hybridized carbons (Fsp3) is 0.533. The minimum Gasteiger partial charge on any atom is -0.459 e. The molecule has 2 unspecified atom stereocenters. The Hall–Kier alpha value is -1.39. The van der Waals surface area contributed by atoms with Gasteiger partial charge in [-0.3, -0.25) is 4.79 Å². The van der Waals surface area contributed by atoms with E-state index in [0.29, 0.717) is 6.61 Å². The monoisotopic (exact) mass is 265 g/mol. The predicted molar refractivity (Wildman–Crippen MR) is 74.5 cm³/mol. The standard InChI is InChI=1S/C15H23NO3/c1-11(13(16)14(17)19-15(2,3)4)18-10-12-8-6-5-7-9-12/h5-9,11,13H,10,16H2,1-4H3. The summed E-state index contributed by atoms with van der Waals surface area (Å²) < 4.78 is 10.8. The highest BCUT2D eigenvalue weighted by Gasteiger charge is 2.27. The Bertz CT molecular complexity index is 398. The summed E-state index contributed by atoms with van der Waals surface area (Å²) in [6.07, 6.45) is -0.393. The van der Waals surface area contributed by atoms with Crippen LogP contribution in [0.2, 0.25) is 0 Å². The lowest BCUT2D eigenvalue weighted by molar-refractivity contribution is -0.160. The SMILES string of the molecule is CC(OCc1ccccc1)C(N)C(=O)OC(C)(C)C. The molecule has 1 rings (SSSR count). The summed E-state index contributed by atoms with van der Waals surface area (Å²) in [5.74, 6) is -0.437. The third-order valence-corrected chi connectivity index (χ3v) is 2.54. The number of benzene rings is 1. The van der Waals surface area contributed by atoms with Crippen LogP contribution in [0.25, 0.3) is 0 Å². The number of rotatable bonds is 5. The first-order valence-electron chi connectivity index (χ1n) is 6.43. The molecule has 1 aromatic carbocycles. The maximum atomic E-state index is 11.8. The largest absolute Gasteiger partial charge is 0.459 e. The fourth-order valence-electron chi connectivity index (χ4n) is 1.47. The molecule has 0 aromatic heterocycles. The average molecular weight is 265 g/mol. The van der Waals surface area contributed by atoms with E-state index in [2.05, 4.69) is 0 Å². The van der Waals surface area contributed by atoms with Gasteiger partial charge in [0, 0.05) is 0 Å². The molecular weight excluding hydrogens is 242 g/mol. The Balaban J connectivity index is 2.44. The van der Waals surface area contributed by atoms with Gasteiger partial charge in [-0.1, -0.05) is 30.3 Å². The highest BCUT2D eigenvalue weighted by atomic mass is 16.6. The van der Waals surface area contributed by atoms with Crippen LogP contribution in [0.5, 0.6) is 0 Å². The van der Waals surface area contributed by atoms with Gasteiger partial charge in [-0.15, -0.1) is 0 Å². The molecule has 0 aliphatic carbocycles. The van der Waals surface area contributed by atoms with Crippen LogP contribution in [-0.4, -0.2) is 23.7 Å². The minimum absolute atomic E-state index is 0.393. The summed E-state index contributed by atoms with van der Waals surface area (Å²) in [4.78, 5) is 11.8. The van der Waals surface area contributed by atoms with E-state index in [9.17, 15) is 4.79 Å². The van der Waals surface area contributed by atoms with E-state index in [-0.39, 0.29) is 0 Å². The van der Waals surface area contributed by atoms with Crippen molar-refractivity contribution < 1.29 is 14.3 Å². The number of esters is 1. The molecule has 4 heteroatoms. The molecule has 0 heterocycles. The first-order valence-corrected chi connectivity index (χ1v) is 6.43. The van der Waals surface area contributed by atoms with E-state index in [0.717, 1.165) is 5.56 Å². The molecular formula is C15H23NO3. The van der Waals surface area contributed by atoms with Crippen LogP contribution in [-0.2, 0) is 20.9 Å². The molecule has 2 N–H and O–H groups in total. The van der Waals surface area contributed by atoms with Gasteiger partial charge in [0.1, 0.15) is 11.6 Å². The number of hydrogen-bond donors (Lipinski definition) is 1. The van der Waals surface area contributed by atoms with Gasteiger partial charge in [-0.2, -0.15) is 0 Å². The van der Waals surface area contributed by atoms with Crippen LogP contribution in [0.3, 0.4) is 0 Å². The topological polar surface area (TPSA) is 61.5 Å². The Morgan fingerprint density at radius 2 is 1.84 bits per heavy atom. The van der Waals surface area contributed by atoms with Crippen LogP contribution < -0.4 is 5.73 Å². The van der Waals surface area contributed by atoms with Gasteiger partial charge in [-0.25, -0.2) is 0 Å². The Kier molecular flexibility index (Phi) is 5.51. The van der Waals surface area contributed by atoms with E-state index in [4.69, 9.17) is 15.2 Å². The molecule has 2 atom stereocenters. The van der Waals surface area contributed by atoms with Crippen LogP contribution in [0.15, 0.2) is 30.3 Å². The van der Waals surface area contributed by atoms with Crippen molar-refractivity contribution in [2.24, 2.45) is 5.73 Å². The van der Waals surface area contributed by atoms with E-state index in [1.54, 1.807) is 6.92 Å². The van der Waals surface area contributed by atoms with E-state index in [1.807, 2.05) is 51.1 Å². The number of carbonyl (C=O) groups is 1. The lowest BCUT2D eigenvalue weighted by Gasteiger charge is -2.25. The van der Waals surface area contributed by atoms with Gasteiger partial charge in [0.05, 0.1) is 12.7 Å². The fourth-order valence-corrected chi connectivity index (χ4v) is 1.47. The molecule has 0 aliphatic rings. The molecule has 0 radical (unpaired) electrons. The van der Waals surface area contributed by atoms with E-state index < -0.39 is 23.7 Å². The first-order chi connectivity index (χ1) is 8.79. The number of hydrogen-bond acceptors (Lipinski definition) is 4. The van der Waals surface area contributed by atoms with Gasteiger partial charge in [-0.05, 0) is 33.3 Å². The predicted octanol–water partition coefficient (Wildman–Crippen LogP) is 2.26. The quantitative estimate of drug-likeness (QED) is 0.830. The maximum absolute atomic E-state index is 11.8. The summed E-state index contributed by atoms with van der Waals surface area (Å²) in [7, 11) is 0. The Labute approximate surface area is 114 Å². The summed E-state index contributed by atoms with van der Waals surface area (Å²) >= 11 is 0. The summed E-state index contributed by atoms with van der Waals surface area (Å²) in [5, 5.41) is 0. The second-order valence-corrected chi connectivity index (χ2v) is 5.56. The van der Waals surface area contributed by atoms with Crippen LogP contribution in [0.4, 0.5) is 0 Å². The molecule has 0 spiro atoms. The van der Waals surface area contributed by atoms with E-state index >= 15 is 0 Å². The Morgan fingerprint density at radius 3 is 2.37 bits per heavy atom. The van der Waals surface area contributed by atoms with Crippen molar-refractivity contribution in [2.45, 2.75) is 52.0 Å². The lowest BCUT2D eigenvalue weighted by atomic mass is 10.1. The highest BCUT2D eigenvalue weighted by molar-refractivity contribution is 5.76. The number of ether oxygens (including phenoxy) is 2. The smallest absolute Gasteiger partial charge is 0.326 e. The van der Waals surface area contributed by atoms with Gasteiger partial charge >= 0.3 is 5.97 Å². The molecule has 0 fully saturated rings. The number of carbonyl (C=O) groups excluding carboxylic acids is 1. The zero-order chi connectivity index (χ0) is 14.5. The molecule has 4 nitrogen and oxygen atoms in total. The maximum Gasteiger partial charge on any atom is 0.326 e. The summed E-state index contributed by atoms with van der Waals surface area (Å²) in [6, 6.07) is 8.98. The van der Waals surface area contributed by atoms with Crippen molar-refractivity contribution in [3.05, 3.63) is 35.9 Å². The van der Waals surface area contributed by atoms with Gasteiger partial charge < -0.3 is 15.2 Å². The molecule has 0 aliphatic heterocycles. The highest BCUT2D eigenvalue weighted by Crippen LogP contribution is 2.11. The van der Waals surface area contributed by atoms with Crippen molar-refractivity contribution in [1.29, 1.82) is 0 Å². The molecule has 1 aromatic rings. The van der Waals surface area contributed by atoms with Crippen molar-refractivity contribution in [3.8, 4) is 0 Å². The minimum atomic E-state index is -0.775. The van der Waals surface area contributed by atoms with Gasteiger partial charge in [0.15, 0.2) is 0 Å². The van der Waals surface area contributed by atoms with Crippen molar-refractivity contribution in [2.75, 3.05) is 0 Å². The molecule has 0 amide bonds. The van der Waals surface area contributed by atoms with Crippen molar-refractivity contribution in [1.82, 2.24) is 0 Å². The van der Waals surface area contributed by atoms with E-state index in [1.165, 1.54) is 0 Å². The normalized spacial score (nSPS) is 14.8. The van der Waals surface area contributed by atoms with Crippen LogP contribution in [0.1, 0.15) is 33.3 Å². The zero-order valence-corrected chi connectivity index (χ0v) is 12.1. The average Bonchev–Trinajstić information content (AvgIpc) is 2.34. The van der Waals surface area contributed by atoms with Crippen molar-refractivity contribution in [3.63, 3.8) is 0 Å². The van der Waals surface area contributed by atoms with Crippen LogP contribution in [0, 0.1) is 0 Å². The molecule has 106 valence electrons. The van der Waals surface area contributed by atoms with Crippen molar-refractivity contribution >= 4 is 5.97 Å². The molecule has 0 bridgehead atoms. The number of nitrogens with two attached hydrogens (primary N) is 1. The first kappa shape index (κ1) is 15.7. The lowest BCUT2D eigenvalue weighted by Crippen LogP contribution is -2.45. The summed E-state index contributed by atoms with van der Waals surface area (Å²) in [5.41, 5.74) is 6.35. The molecule has 0 saturated heterocycles. The second kappa shape index (κ2) is 6.68. The summed E-state index contributed by atoms with van der Waals surface area (Å²) in [6.45, 7) is 7.64. The van der Waals surface area contributed by atoms with Gasteiger partial charge in [0.25, 0.3) is 0 Å². The third kappa shape index (κ3) is 5.85.